The van der Waals surface area contributed by atoms with Gasteiger partial charge in [-0.3, -0.25) is 9.88 Å². The highest BCUT2D eigenvalue weighted by Crippen LogP contribution is 2.36. The maximum Gasteiger partial charge on any atom is 0.432 e. The smallest absolute Gasteiger partial charge is 0.354 e. The lowest BCUT2D eigenvalue weighted by Gasteiger charge is -2.36. The van der Waals surface area contributed by atoms with Crippen LogP contribution in [0.2, 0.25) is 0 Å². The Kier molecular flexibility index (Phi) is 9.74. The molecule has 2 aliphatic rings. The molecule has 9 nitrogen and oxygen atoms in total. The molecule has 2 aromatic carbocycles. The number of hydrogen-bond donors (Lipinski definition) is 1. The number of halogens is 4. The minimum absolute atomic E-state index is 0.0470. The highest BCUT2D eigenvalue weighted by atomic mass is 32.2. The second-order valence-electron chi connectivity index (χ2n) is 12.5. The Labute approximate surface area is 282 Å². The van der Waals surface area contributed by atoms with Crippen LogP contribution in [0.3, 0.4) is 0 Å². The number of likely N-dealkylation sites (tertiary alicyclic amines) is 1. The maximum absolute atomic E-state index is 14.0. The van der Waals surface area contributed by atoms with Gasteiger partial charge in [0.05, 0.1) is 11.3 Å². The third kappa shape index (κ3) is 7.17. The summed E-state index contributed by atoms with van der Waals surface area (Å²) in [6.07, 6.45) is 0.104. The third-order valence-electron chi connectivity index (χ3n) is 9.36. The van der Waals surface area contributed by atoms with Crippen LogP contribution in [0.5, 0.6) is 0 Å². The van der Waals surface area contributed by atoms with Crippen LogP contribution < -0.4 is 10.2 Å². The molecule has 49 heavy (non-hydrogen) atoms. The van der Waals surface area contributed by atoms with E-state index in [1.54, 1.807) is 19.2 Å². The van der Waals surface area contributed by atoms with Gasteiger partial charge in [0.25, 0.3) is 0 Å². The van der Waals surface area contributed by atoms with Crippen molar-refractivity contribution in [3.8, 4) is 11.3 Å². The van der Waals surface area contributed by atoms with Crippen molar-refractivity contribution in [1.29, 1.82) is 0 Å². The van der Waals surface area contributed by atoms with E-state index in [1.165, 1.54) is 24.3 Å². The number of quaternary nitrogens is 1. The van der Waals surface area contributed by atoms with Gasteiger partial charge in [-0.15, -0.1) is 3.89 Å². The molecule has 0 bridgehead atoms. The zero-order valence-corrected chi connectivity index (χ0v) is 27.7. The molecule has 0 spiro atoms. The number of carbonyl (C=O) groups is 1. The fraction of sp³-hybridized carbons (Fsp3) is 0.343. The summed E-state index contributed by atoms with van der Waals surface area (Å²) in [6.45, 7) is 5.25. The van der Waals surface area contributed by atoms with Gasteiger partial charge >= 0.3 is 22.2 Å². The molecule has 258 valence electrons. The van der Waals surface area contributed by atoms with Gasteiger partial charge in [-0.05, 0) is 72.6 Å². The van der Waals surface area contributed by atoms with Gasteiger partial charge in [-0.25, -0.2) is 14.2 Å². The van der Waals surface area contributed by atoms with E-state index in [0.717, 1.165) is 49.5 Å². The Balaban J connectivity index is 1.27. The minimum Gasteiger partial charge on any atom is -0.354 e. The van der Waals surface area contributed by atoms with Crippen molar-refractivity contribution >= 4 is 21.9 Å². The number of urea groups is 1. The van der Waals surface area contributed by atoms with E-state index in [2.05, 4.69) is 20.1 Å². The van der Waals surface area contributed by atoms with Gasteiger partial charge in [0.15, 0.2) is 0 Å². The second kappa shape index (κ2) is 13.8. The van der Waals surface area contributed by atoms with Crippen LogP contribution in [0.15, 0.2) is 90.1 Å². The summed E-state index contributed by atoms with van der Waals surface area (Å²) < 4.78 is 80.6. The molecular formula is C35H37F4N6O3S+. The van der Waals surface area contributed by atoms with E-state index in [9.17, 15) is 30.8 Å². The molecule has 4 aromatic rings. The number of carbonyl (C=O) groups excluding carboxylic acids is 1. The van der Waals surface area contributed by atoms with Gasteiger partial charge in [-0.2, -0.15) is 21.6 Å². The molecule has 6 rings (SSSR count). The van der Waals surface area contributed by atoms with Crippen molar-refractivity contribution in [2.45, 2.75) is 50.0 Å². The largest absolute Gasteiger partial charge is 0.432 e. The number of sulfonamides is 1. The number of aromatic nitrogens is 2. The third-order valence-corrected chi connectivity index (χ3v) is 11.8. The number of rotatable bonds is 8. The SMILES string of the molecule is C[C@@H]1CCC[N+]1(C(=O)NCc1cc(-c2ccc(C(F)(F)F)cc2)nc(N2CCN(Cc3cccnc3)CC2)c1)S(=O)(=O)c1ccc(F)cc1. The average molecular weight is 698 g/mol. The molecule has 2 amide bonds. The molecule has 1 unspecified atom stereocenters. The number of benzene rings is 2. The molecule has 4 heterocycles. The van der Waals surface area contributed by atoms with Crippen LogP contribution in [-0.4, -0.2) is 72.0 Å². The Bertz CT molecular complexity index is 1890. The first-order valence-corrected chi connectivity index (χ1v) is 17.5. The van der Waals surface area contributed by atoms with E-state index in [4.69, 9.17) is 4.98 Å². The molecule has 0 saturated carbocycles. The van der Waals surface area contributed by atoms with E-state index in [0.29, 0.717) is 48.6 Å². The van der Waals surface area contributed by atoms with Crippen molar-refractivity contribution in [2.24, 2.45) is 0 Å². The van der Waals surface area contributed by atoms with Crippen molar-refractivity contribution in [3.63, 3.8) is 0 Å². The lowest BCUT2D eigenvalue weighted by molar-refractivity contribution is -0.733. The summed E-state index contributed by atoms with van der Waals surface area (Å²) in [6, 6.07) is 15.4. The molecule has 2 saturated heterocycles. The molecular weight excluding hydrogens is 660 g/mol. The summed E-state index contributed by atoms with van der Waals surface area (Å²) in [5.74, 6) is 0.0108. The Morgan fingerprint density at radius 2 is 1.69 bits per heavy atom. The van der Waals surface area contributed by atoms with Crippen LogP contribution >= 0.6 is 0 Å². The maximum atomic E-state index is 14.0. The van der Waals surface area contributed by atoms with Crippen LogP contribution in [-0.2, 0) is 29.3 Å². The summed E-state index contributed by atoms with van der Waals surface area (Å²) in [4.78, 5) is 27.2. The van der Waals surface area contributed by atoms with Crippen LogP contribution in [0.25, 0.3) is 11.3 Å². The fourth-order valence-corrected chi connectivity index (χ4v) is 8.71. The molecule has 0 aliphatic carbocycles. The number of piperazine rings is 1. The average Bonchev–Trinajstić information content (AvgIpc) is 3.50. The number of alkyl halides is 3. The van der Waals surface area contributed by atoms with Crippen molar-refractivity contribution in [1.82, 2.24) is 20.2 Å². The predicted octanol–water partition coefficient (Wildman–Crippen LogP) is 6.22. The zero-order chi connectivity index (χ0) is 34.8. The monoisotopic (exact) mass is 697 g/mol. The summed E-state index contributed by atoms with van der Waals surface area (Å²) in [7, 11) is -4.25. The number of hydrogen-bond acceptors (Lipinski definition) is 7. The fourth-order valence-electron chi connectivity index (χ4n) is 6.62. The van der Waals surface area contributed by atoms with E-state index < -0.39 is 43.5 Å². The summed E-state index contributed by atoms with van der Waals surface area (Å²) >= 11 is 0. The van der Waals surface area contributed by atoms with Crippen LogP contribution in [0.1, 0.15) is 36.5 Å². The highest BCUT2D eigenvalue weighted by Gasteiger charge is 2.56. The molecule has 2 fully saturated rings. The highest BCUT2D eigenvalue weighted by molar-refractivity contribution is 7.86. The molecule has 0 radical (unpaired) electrons. The Hall–Kier alpha value is -4.40. The minimum atomic E-state index is -4.49. The van der Waals surface area contributed by atoms with E-state index in [-0.39, 0.29) is 18.0 Å². The van der Waals surface area contributed by atoms with Crippen molar-refractivity contribution in [3.05, 3.63) is 108 Å². The van der Waals surface area contributed by atoms with Gasteiger partial charge in [0, 0.05) is 70.1 Å². The normalized spacial score (nSPS) is 20.3. The predicted molar refractivity (Wildman–Crippen MR) is 176 cm³/mol. The van der Waals surface area contributed by atoms with Crippen molar-refractivity contribution < 1.29 is 34.7 Å². The molecule has 1 N–H and O–H groups in total. The number of pyridine rings is 2. The molecule has 14 heteroatoms. The van der Waals surface area contributed by atoms with Crippen LogP contribution in [0, 0.1) is 5.82 Å². The van der Waals surface area contributed by atoms with Gasteiger partial charge < -0.3 is 10.2 Å². The van der Waals surface area contributed by atoms with Gasteiger partial charge in [-0.1, -0.05) is 18.2 Å². The first-order chi connectivity index (χ1) is 23.4. The van der Waals surface area contributed by atoms with E-state index >= 15 is 0 Å². The summed E-state index contributed by atoms with van der Waals surface area (Å²) in [5, 5.41) is 2.84. The lowest BCUT2D eigenvalue weighted by atomic mass is 10.1. The molecule has 2 aliphatic heterocycles. The second-order valence-corrected chi connectivity index (χ2v) is 14.6. The Morgan fingerprint density at radius 3 is 2.31 bits per heavy atom. The van der Waals surface area contributed by atoms with Crippen molar-refractivity contribution in [2.75, 3.05) is 37.6 Å². The Morgan fingerprint density at radius 1 is 0.980 bits per heavy atom. The summed E-state index contributed by atoms with van der Waals surface area (Å²) in [5.41, 5.74) is 1.82. The standard InChI is InChI=1S/C35H36F4N6O3S/c1-25-4-3-19-45(25,49(47,48)31-12-10-30(36)11-13-31)34(46)41-23-27-20-32(28-6-8-29(9-7-28)35(37,38)39)42-33(21-27)44-17-15-43(16-18-44)24-26-5-2-14-40-22-26/h2,5-14,20-22,25H,3-4,15-19,23-24H2,1H3/p+1/t25-,45?/m1/s1. The van der Waals surface area contributed by atoms with Gasteiger partial charge in [0.1, 0.15) is 29.1 Å². The number of nitrogens with one attached hydrogen (secondary N) is 1. The van der Waals surface area contributed by atoms with Crippen LogP contribution in [0.4, 0.5) is 28.2 Å². The number of anilines is 1. The quantitative estimate of drug-likeness (QED) is 0.173. The zero-order valence-electron chi connectivity index (χ0n) is 26.9. The molecule has 2 atom stereocenters. The topological polar surface area (TPSA) is 95.5 Å². The molecule has 2 aromatic heterocycles. The number of amides is 2. The van der Waals surface area contributed by atoms with Gasteiger partial charge in [0.2, 0.25) is 0 Å². The lowest BCUT2D eigenvalue weighted by Crippen LogP contribution is -2.62. The van der Waals surface area contributed by atoms with E-state index in [1.807, 2.05) is 24.4 Å². The first-order valence-electron chi connectivity index (χ1n) is 16.1. The first kappa shape index (κ1) is 34.5. The number of nitrogens with zero attached hydrogens (tertiary/aromatic N) is 5.